The highest BCUT2D eigenvalue weighted by molar-refractivity contribution is 5.94. The second kappa shape index (κ2) is 4.84. The zero-order chi connectivity index (χ0) is 10.6. The summed E-state index contributed by atoms with van der Waals surface area (Å²) in [6.45, 7) is 5.53. The van der Waals surface area contributed by atoms with Gasteiger partial charge in [-0.05, 0) is 20.3 Å². The molecule has 3 nitrogen and oxygen atoms in total. The minimum atomic E-state index is 0.0320. The van der Waals surface area contributed by atoms with Gasteiger partial charge in [0.05, 0.1) is 11.3 Å². The smallest absolute Gasteiger partial charge is 0.163 e. The number of aromatic nitrogens is 2. The summed E-state index contributed by atoms with van der Waals surface area (Å²) in [5.74, 6) is 0.874. The minimum absolute atomic E-state index is 0.0320. The lowest BCUT2D eigenvalue weighted by Gasteiger charge is -2.03. The van der Waals surface area contributed by atoms with E-state index in [1.807, 2.05) is 6.92 Å². The van der Waals surface area contributed by atoms with Gasteiger partial charge < -0.3 is 0 Å². The molecule has 3 heteroatoms. The number of carbonyl (C=O) groups excluding carboxylic acids is 1. The molecule has 0 unspecified atom stereocenters. The Hall–Kier alpha value is -1.25. The molecule has 0 aliphatic carbocycles. The first-order chi connectivity index (χ1) is 6.65. The number of Topliss-reactive ketones (excluding diaryl/α,β-unsaturated/α-hetero) is 1. The van der Waals surface area contributed by atoms with Crippen molar-refractivity contribution in [1.29, 1.82) is 0 Å². The largest absolute Gasteiger partial charge is 0.294 e. The van der Waals surface area contributed by atoms with Crippen molar-refractivity contribution in [3.05, 3.63) is 23.3 Å². The van der Waals surface area contributed by atoms with E-state index in [4.69, 9.17) is 0 Å². The number of hydrogen-bond donors (Lipinski definition) is 0. The van der Waals surface area contributed by atoms with E-state index in [0.29, 0.717) is 5.56 Å². The number of unbranched alkanes of at least 4 members (excludes halogenated alkanes) is 1. The third-order valence-corrected chi connectivity index (χ3v) is 2.16. The van der Waals surface area contributed by atoms with Gasteiger partial charge in [-0.25, -0.2) is 9.97 Å². The van der Waals surface area contributed by atoms with Crippen molar-refractivity contribution in [3.63, 3.8) is 0 Å². The fourth-order valence-corrected chi connectivity index (χ4v) is 1.32. The Kier molecular flexibility index (Phi) is 3.74. The standard InChI is InChI=1S/C11H16N2O/c1-4-5-6-11-12-7-10(9(3)14)8(2)13-11/h7H,4-6H2,1-3H3. The van der Waals surface area contributed by atoms with Gasteiger partial charge in [-0.3, -0.25) is 4.79 Å². The van der Waals surface area contributed by atoms with Crippen LogP contribution in [0, 0.1) is 6.92 Å². The maximum absolute atomic E-state index is 11.1. The van der Waals surface area contributed by atoms with Crippen LogP contribution in [0.4, 0.5) is 0 Å². The number of carbonyl (C=O) groups is 1. The van der Waals surface area contributed by atoms with Crippen LogP contribution < -0.4 is 0 Å². The lowest BCUT2D eigenvalue weighted by Crippen LogP contribution is -2.04. The Morgan fingerprint density at radius 3 is 2.71 bits per heavy atom. The van der Waals surface area contributed by atoms with Gasteiger partial charge in [-0.2, -0.15) is 0 Å². The van der Waals surface area contributed by atoms with Crippen LogP contribution in [0.25, 0.3) is 0 Å². The van der Waals surface area contributed by atoms with Crippen molar-refractivity contribution in [1.82, 2.24) is 9.97 Å². The molecule has 76 valence electrons. The van der Waals surface area contributed by atoms with Gasteiger partial charge in [0.2, 0.25) is 0 Å². The predicted molar refractivity (Wildman–Crippen MR) is 55.4 cm³/mol. The van der Waals surface area contributed by atoms with Crippen LogP contribution in [-0.4, -0.2) is 15.8 Å². The molecule has 0 amide bonds. The van der Waals surface area contributed by atoms with E-state index in [1.54, 1.807) is 6.20 Å². The summed E-state index contributed by atoms with van der Waals surface area (Å²) >= 11 is 0. The first-order valence-electron chi connectivity index (χ1n) is 4.98. The molecule has 0 fully saturated rings. The summed E-state index contributed by atoms with van der Waals surface area (Å²) in [6.07, 6.45) is 4.76. The molecular formula is C11H16N2O. The third kappa shape index (κ3) is 2.62. The Morgan fingerprint density at radius 1 is 1.50 bits per heavy atom. The molecule has 14 heavy (non-hydrogen) atoms. The van der Waals surface area contributed by atoms with E-state index in [9.17, 15) is 4.79 Å². The molecule has 1 heterocycles. The number of ketones is 1. The van der Waals surface area contributed by atoms with Gasteiger partial charge in [0, 0.05) is 12.6 Å². The van der Waals surface area contributed by atoms with Gasteiger partial charge >= 0.3 is 0 Å². The first-order valence-corrected chi connectivity index (χ1v) is 4.98. The van der Waals surface area contributed by atoms with Gasteiger partial charge in [-0.15, -0.1) is 0 Å². The van der Waals surface area contributed by atoms with E-state index in [0.717, 1.165) is 30.8 Å². The monoisotopic (exact) mass is 192 g/mol. The Labute approximate surface area is 84.6 Å². The second-order valence-corrected chi connectivity index (χ2v) is 3.45. The second-order valence-electron chi connectivity index (χ2n) is 3.45. The highest BCUT2D eigenvalue weighted by Gasteiger charge is 2.06. The van der Waals surface area contributed by atoms with Gasteiger partial charge in [0.1, 0.15) is 5.82 Å². The summed E-state index contributed by atoms with van der Waals surface area (Å²) in [5, 5.41) is 0. The van der Waals surface area contributed by atoms with Crippen LogP contribution in [0.2, 0.25) is 0 Å². The molecule has 1 aromatic heterocycles. The number of rotatable bonds is 4. The molecule has 0 aliphatic heterocycles. The Bertz CT molecular complexity index is 334. The molecule has 1 aromatic rings. The first kappa shape index (κ1) is 10.8. The highest BCUT2D eigenvalue weighted by atomic mass is 16.1. The topological polar surface area (TPSA) is 42.9 Å². The molecule has 0 N–H and O–H groups in total. The summed E-state index contributed by atoms with van der Waals surface area (Å²) < 4.78 is 0. The molecule has 1 rings (SSSR count). The van der Waals surface area contributed by atoms with Crippen molar-refractivity contribution >= 4 is 5.78 Å². The van der Waals surface area contributed by atoms with Crippen LogP contribution in [0.5, 0.6) is 0 Å². The molecule has 0 saturated carbocycles. The SMILES string of the molecule is CCCCc1ncc(C(C)=O)c(C)n1. The number of nitrogens with zero attached hydrogens (tertiary/aromatic N) is 2. The highest BCUT2D eigenvalue weighted by Crippen LogP contribution is 2.06. The van der Waals surface area contributed by atoms with Crippen LogP contribution >= 0.6 is 0 Å². The molecule has 0 atom stereocenters. The minimum Gasteiger partial charge on any atom is -0.294 e. The van der Waals surface area contributed by atoms with E-state index >= 15 is 0 Å². The molecule has 0 spiro atoms. The van der Waals surface area contributed by atoms with Crippen LogP contribution in [0.1, 0.15) is 48.6 Å². The summed E-state index contributed by atoms with van der Waals surface area (Å²) in [7, 11) is 0. The fourth-order valence-electron chi connectivity index (χ4n) is 1.32. The van der Waals surface area contributed by atoms with E-state index < -0.39 is 0 Å². The van der Waals surface area contributed by atoms with Crippen molar-refractivity contribution in [2.24, 2.45) is 0 Å². The van der Waals surface area contributed by atoms with E-state index in [1.165, 1.54) is 6.92 Å². The van der Waals surface area contributed by atoms with Crippen LogP contribution in [0.15, 0.2) is 6.20 Å². The average molecular weight is 192 g/mol. The maximum atomic E-state index is 11.1. The summed E-state index contributed by atoms with van der Waals surface area (Å²) in [6, 6.07) is 0. The van der Waals surface area contributed by atoms with Crippen LogP contribution in [0.3, 0.4) is 0 Å². The molecule has 0 aliphatic rings. The molecule has 0 radical (unpaired) electrons. The van der Waals surface area contributed by atoms with Gasteiger partial charge in [-0.1, -0.05) is 13.3 Å². The van der Waals surface area contributed by atoms with Gasteiger partial charge in [0.25, 0.3) is 0 Å². The molecule has 0 aromatic carbocycles. The Morgan fingerprint density at radius 2 is 2.21 bits per heavy atom. The van der Waals surface area contributed by atoms with Crippen molar-refractivity contribution in [2.75, 3.05) is 0 Å². The summed E-state index contributed by atoms with van der Waals surface area (Å²) in [4.78, 5) is 19.6. The lowest BCUT2D eigenvalue weighted by molar-refractivity contribution is 0.101. The van der Waals surface area contributed by atoms with E-state index in [2.05, 4.69) is 16.9 Å². The van der Waals surface area contributed by atoms with E-state index in [-0.39, 0.29) is 5.78 Å². The number of hydrogen-bond acceptors (Lipinski definition) is 3. The third-order valence-electron chi connectivity index (χ3n) is 2.16. The van der Waals surface area contributed by atoms with Crippen LogP contribution in [-0.2, 0) is 6.42 Å². The molecule has 0 saturated heterocycles. The average Bonchev–Trinajstić information content (AvgIpc) is 2.14. The summed E-state index contributed by atoms with van der Waals surface area (Å²) in [5.41, 5.74) is 1.42. The number of aryl methyl sites for hydroxylation is 2. The maximum Gasteiger partial charge on any atom is 0.163 e. The van der Waals surface area contributed by atoms with Crippen molar-refractivity contribution < 1.29 is 4.79 Å². The quantitative estimate of drug-likeness (QED) is 0.687. The zero-order valence-electron chi connectivity index (χ0n) is 9.00. The van der Waals surface area contributed by atoms with Crippen molar-refractivity contribution in [2.45, 2.75) is 40.0 Å². The molecule has 0 bridgehead atoms. The fraction of sp³-hybridized carbons (Fsp3) is 0.545. The lowest BCUT2D eigenvalue weighted by atomic mass is 10.1. The van der Waals surface area contributed by atoms with Crippen molar-refractivity contribution in [3.8, 4) is 0 Å². The Balaban J connectivity index is 2.83. The zero-order valence-corrected chi connectivity index (χ0v) is 9.00. The van der Waals surface area contributed by atoms with Gasteiger partial charge in [0.15, 0.2) is 5.78 Å². The molecular weight excluding hydrogens is 176 g/mol. The predicted octanol–water partition coefficient (Wildman–Crippen LogP) is 2.33. The normalized spacial score (nSPS) is 10.2.